The van der Waals surface area contributed by atoms with E-state index in [9.17, 15) is 9.59 Å². The lowest BCUT2D eigenvalue weighted by molar-refractivity contribution is -0.152. The molecule has 0 saturated heterocycles. The third-order valence-corrected chi connectivity index (χ3v) is 2.13. The van der Waals surface area contributed by atoms with Gasteiger partial charge in [0.2, 0.25) is 0 Å². The molecule has 88 valence electrons. The fourth-order valence-electron chi connectivity index (χ4n) is 1.20. The predicted molar refractivity (Wildman–Crippen MR) is 56.5 cm³/mol. The summed E-state index contributed by atoms with van der Waals surface area (Å²) >= 11 is 0. The molecular weight excluding hydrogens is 196 g/mol. The fraction of sp³-hybridized carbons (Fsp3) is 0.818. The molecule has 4 nitrogen and oxygen atoms in total. The number of carbonyl (C=O) groups is 2. The molecule has 0 radical (unpaired) electrons. The van der Waals surface area contributed by atoms with Gasteiger partial charge in [0.25, 0.3) is 0 Å². The largest absolute Gasteiger partial charge is 0.465 e. The van der Waals surface area contributed by atoms with Crippen LogP contribution in [-0.2, 0) is 19.1 Å². The molecule has 0 saturated carbocycles. The van der Waals surface area contributed by atoms with Crippen LogP contribution in [0.5, 0.6) is 0 Å². The normalized spacial score (nSPS) is 14.4. The van der Waals surface area contributed by atoms with Crippen LogP contribution in [0.2, 0.25) is 0 Å². The van der Waals surface area contributed by atoms with Crippen LogP contribution in [0.3, 0.4) is 0 Å². The van der Waals surface area contributed by atoms with Gasteiger partial charge in [-0.2, -0.15) is 0 Å². The lowest BCUT2D eigenvalue weighted by Crippen LogP contribution is -2.30. The highest BCUT2D eigenvalue weighted by Gasteiger charge is 2.26. The van der Waals surface area contributed by atoms with Gasteiger partial charge in [0.05, 0.1) is 13.2 Å². The summed E-state index contributed by atoms with van der Waals surface area (Å²) in [5.41, 5.74) is 0. The Labute approximate surface area is 90.9 Å². The van der Waals surface area contributed by atoms with Gasteiger partial charge in [0.1, 0.15) is 5.92 Å². The van der Waals surface area contributed by atoms with E-state index in [0.29, 0.717) is 13.2 Å². The zero-order valence-corrected chi connectivity index (χ0v) is 9.91. The van der Waals surface area contributed by atoms with Gasteiger partial charge in [-0.1, -0.05) is 13.8 Å². The van der Waals surface area contributed by atoms with Gasteiger partial charge >= 0.3 is 5.97 Å². The number of rotatable bonds is 7. The molecule has 0 unspecified atom stereocenters. The third-order valence-electron chi connectivity index (χ3n) is 2.13. The highest BCUT2D eigenvalue weighted by Crippen LogP contribution is 2.09. The van der Waals surface area contributed by atoms with E-state index in [0.717, 1.165) is 6.42 Å². The first-order chi connectivity index (χ1) is 7.04. The Kier molecular flexibility index (Phi) is 6.96. The molecule has 0 aromatic heterocycles. The Balaban J connectivity index is 4.12. The second-order valence-corrected chi connectivity index (χ2v) is 3.65. The Morgan fingerprint density at radius 1 is 1.27 bits per heavy atom. The van der Waals surface area contributed by atoms with Crippen LogP contribution in [0.25, 0.3) is 0 Å². The first-order valence-corrected chi connectivity index (χ1v) is 5.23. The fourth-order valence-corrected chi connectivity index (χ4v) is 1.20. The van der Waals surface area contributed by atoms with E-state index in [4.69, 9.17) is 9.47 Å². The van der Waals surface area contributed by atoms with Crippen molar-refractivity contribution in [2.24, 2.45) is 11.8 Å². The number of ketones is 1. The highest BCUT2D eigenvalue weighted by atomic mass is 16.5. The first-order valence-electron chi connectivity index (χ1n) is 5.23. The molecule has 15 heavy (non-hydrogen) atoms. The molecule has 0 aliphatic rings. The molecule has 0 N–H and O–H groups in total. The number of esters is 1. The molecule has 0 fully saturated rings. The van der Waals surface area contributed by atoms with Crippen molar-refractivity contribution in [2.75, 3.05) is 20.3 Å². The van der Waals surface area contributed by atoms with Crippen molar-refractivity contribution < 1.29 is 19.1 Å². The van der Waals surface area contributed by atoms with Gasteiger partial charge in [-0.3, -0.25) is 9.59 Å². The van der Waals surface area contributed by atoms with Crippen molar-refractivity contribution in [1.29, 1.82) is 0 Å². The molecule has 0 amide bonds. The molecule has 4 heteroatoms. The summed E-state index contributed by atoms with van der Waals surface area (Å²) in [6.45, 7) is 5.94. The molecular formula is C11H20O4. The Morgan fingerprint density at radius 2 is 1.87 bits per heavy atom. The van der Waals surface area contributed by atoms with Crippen LogP contribution in [0.1, 0.15) is 27.2 Å². The van der Waals surface area contributed by atoms with Crippen molar-refractivity contribution in [1.82, 2.24) is 0 Å². The smallest absolute Gasteiger partial charge is 0.316 e. The summed E-state index contributed by atoms with van der Waals surface area (Å²) in [5, 5.41) is 0. The zero-order valence-electron chi connectivity index (χ0n) is 9.91. The van der Waals surface area contributed by atoms with Crippen molar-refractivity contribution in [3.8, 4) is 0 Å². The summed E-state index contributed by atoms with van der Waals surface area (Å²) in [5.74, 6) is -1.52. The summed E-state index contributed by atoms with van der Waals surface area (Å²) in [6.07, 6.45) is 0.764. The maximum atomic E-state index is 11.7. The van der Waals surface area contributed by atoms with Gasteiger partial charge in [-0.15, -0.1) is 0 Å². The summed E-state index contributed by atoms with van der Waals surface area (Å²) in [4.78, 5) is 23.0. The van der Waals surface area contributed by atoms with Crippen LogP contribution in [0.4, 0.5) is 0 Å². The molecule has 0 spiro atoms. The van der Waals surface area contributed by atoms with Gasteiger partial charge in [-0.25, -0.2) is 0 Å². The van der Waals surface area contributed by atoms with E-state index < -0.39 is 11.9 Å². The topological polar surface area (TPSA) is 52.6 Å². The number of ether oxygens (including phenoxy) is 2. The average molecular weight is 216 g/mol. The minimum absolute atomic E-state index is 0.127. The monoisotopic (exact) mass is 216 g/mol. The molecule has 0 heterocycles. The third kappa shape index (κ3) is 4.93. The maximum Gasteiger partial charge on any atom is 0.316 e. The summed E-state index contributed by atoms with van der Waals surface area (Å²) in [6, 6.07) is 0. The highest BCUT2D eigenvalue weighted by molar-refractivity contribution is 5.99. The number of methoxy groups -OCH3 is 1. The average Bonchev–Trinajstić information content (AvgIpc) is 2.24. The van der Waals surface area contributed by atoms with Crippen LogP contribution in [-0.4, -0.2) is 32.1 Å². The van der Waals surface area contributed by atoms with E-state index >= 15 is 0 Å². The second kappa shape index (κ2) is 7.40. The Morgan fingerprint density at radius 3 is 2.33 bits per heavy atom. The van der Waals surface area contributed by atoms with Crippen LogP contribution >= 0.6 is 0 Å². The van der Waals surface area contributed by atoms with Crippen LogP contribution in [0.15, 0.2) is 0 Å². The first kappa shape index (κ1) is 14.1. The Bertz CT molecular complexity index is 213. The van der Waals surface area contributed by atoms with E-state index in [2.05, 4.69) is 0 Å². The summed E-state index contributed by atoms with van der Waals surface area (Å²) < 4.78 is 9.76. The second-order valence-electron chi connectivity index (χ2n) is 3.65. The van der Waals surface area contributed by atoms with E-state index in [-0.39, 0.29) is 11.7 Å². The predicted octanol–water partition coefficient (Wildman–Crippen LogP) is 1.43. The quantitative estimate of drug-likeness (QED) is 0.477. The number of hydrogen-bond acceptors (Lipinski definition) is 4. The molecule has 0 aromatic rings. The van der Waals surface area contributed by atoms with E-state index in [1.165, 1.54) is 7.11 Å². The van der Waals surface area contributed by atoms with Crippen molar-refractivity contribution >= 4 is 11.8 Å². The zero-order chi connectivity index (χ0) is 11.8. The van der Waals surface area contributed by atoms with E-state index in [1.54, 1.807) is 13.8 Å². The number of Topliss-reactive ketones (excluding diaryl/α,β-unsaturated/α-hetero) is 1. The summed E-state index contributed by atoms with van der Waals surface area (Å²) in [7, 11) is 1.53. The lowest BCUT2D eigenvalue weighted by atomic mass is 9.96. The van der Waals surface area contributed by atoms with Gasteiger partial charge in [0.15, 0.2) is 5.78 Å². The number of hydrogen-bond donors (Lipinski definition) is 0. The van der Waals surface area contributed by atoms with Crippen LogP contribution in [0, 0.1) is 11.8 Å². The Hall–Kier alpha value is -0.900. The lowest BCUT2D eigenvalue weighted by Gasteiger charge is -2.14. The minimum Gasteiger partial charge on any atom is -0.465 e. The van der Waals surface area contributed by atoms with Crippen molar-refractivity contribution in [3.05, 3.63) is 0 Å². The van der Waals surface area contributed by atoms with Gasteiger partial charge in [0, 0.05) is 13.0 Å². The van der Waals surface area contributed by atoms with Crippen molar-refractivity contribution in [2.45, 2.75) is 27.2 Å². The van der Waals surface area contributed by atoms with E-state index in [1.807, 2.05) is 6.92 Å². The van der Waals surface area contributed by atoms with Crippen molar-refractivity contribution in [3.63, 3.8) is 0 Å². The standard InChI is InChI=1S/C11H20O4/c1-5-6-15-11(13)9(3)10(12)8(2)7-14-4/h8-9H,5-7H2,1-4H3/t8-,9-/m1/s1. The molecule has 0 aliphatic heterocycles. The molecule has 0 bridgehead atoms. The molecule has 0 aliphatic carbocycles. The minimum atomic E-state index is -0.693. The SMILES string of the molecule is CCCOC(=O)[C@H](C)C(=O)[C@H](C)COC. The van der Waals surface area contributed by atoms with Crippen LogP contribution < -0.4 is 0 Å². The molecule has 0 aromatic carbocycles. The number of carbonyl (C=O) groups excluding carboxylic acids is 2. The molecule has 0 rings (SSSR count). The maximum absolute atomic E-state index is 11.7. The molecule has 2 atom stereocenters. The van der Waals surface area contributed by atoms with Gasteiger partial charge < -0.3 is 9.47 Å². The van der Waals surface area contributed by atoms with Gasteiger partial charge in [-0.05, 0) is 13.3 Å².